The predicted octanol–water partition coefficient (Wildman–Crippen LogP) is 9.31. The van der Waals surface area contributed by atoms with Crippen LogP contribution >= 0.6 is 11.3 Å². The standard InChI is InChI=1S/C33H36O3S/c1-3-6-27(7-4-2)28-8-5-9-31(19-16-28)35-22-26-10-14-29(15-11-26)30-20-33(37-24-30)23-36-32-17-12-25(21-34)13-18-32/h5,8,10-21,24,27H,3-4,6-7,9,22-23H2,1-2H3. The average Bonchev–Trinajstić information content (AvgIpc) is 3.29. The molecule has 1 aliphatic carbocycles. The van der Waals surface area contributed by atoms with Crippen LogP contribution in [0.1, 0.15) is 66.8 Å². The first kappa shape index (κ1) is 26.7. The molecule has 1 heterocycles. The van der Waals surface area contributed by atoms with Crippen molar-refractivity contribution in [3.63, 3.8) is 0 Å². The number of benzene rings is 2. The van der Waals surface area contributed by atoms with E-state index < -0.39 is 0 Å². The van der Waals surface area contributed by atoms with E-state index in [4.69, 9.17) is 9.47 Å². The Morgan fingerprint density at radius 2 is 1.65 bits per heavy atom. The molecule has 0 unspecified atom stereocenters. The third-order valence-corrected chi connectivity index (χ3v) is 7.51. The molecule has 1 aliphatic rings. The lowest BCUT2D eigenvalue weighted by atomic mass is 9.89. The van der Waals surface area contributed by atoms with Gasteiger partial charge in [0.1, 0.15) is 31.0 Å². The Labute approximate surface area is 225 Å². The Hall–Kier alpha value is -3.37. The van der Waals surface area contributed by atoms with Crippen LogP contribution in [0.4, 0.5) is 0 Å². The molecule has 0 bridgehead atoms. The molecule has 3 nitrogen and oxygen atoms in total. The molecular weight excluding hydrogens is 476 g/mol. The van der Waals surface area contributed by atoms with Crippen LogP contribution in [0.2, 0.25) is 0 Å². The molecule has 0 fully saturated rings. The van der Waals surface area contributed by atoms with Crippen molar-refractivity contribution in [2.45, 2.75) is 59.2 Å². The smallest absolute Gasteiger partial charge is 0.150 e. The molecule has 0 amide bonds. The van der Waals surface area contributed by atoms with Crippen LogP contribution in [0.25, 0.3) is 11.1 Å². The van der Waals surface area contributed by atoms with Crippen molar-refractivity contribution in [1.82, 2.24) is 0 Å². The molecule has 0 radical (unpaired) electrons. The SMILES string of the molecule is CCCC(CCC)C1=CC=C(OCc2ccc(-c3csc(COc4ccc(C=O)cc4)c3)cc2)CC=C1. The highest BCUT2D eigenvalue weighted by atomic mass is 32.1. The molecule has 192 valence electrons. The van der Waals surface area contributed by atoms with E-state index in [1.165, 1.54) is 42.4 Å². The van der Waals surface area contributed by atoms with Crippen LogP contribution in [0.5, 0.6) is 5.75 Å². The molecule has 0 saturated carbocycles. The lowest BCUT2D eigenvalue weighted by molar-refractivity contribution is 0.112. The van der Waals surface area contributed by atoms with Crippen molar-refractivity contribution in [2.24, 2.45) is 5.92 Å². The second-order valence-corrected chi connectivity index (χ2v) is 10.4. The van der Waals surface area contributed by atoms with E-state index in [2.05, 4.69) is 73.9 Å². The third-order valence-electron chi connectivity index (χ3n) is 6.60. The van der Waals surface area contributed by atoms with Gasteiger partial charge in [0, 0.05) is 16.9 Å². The zero-order chi connectivity index (χ0) is 25.9. The second-order valence-electron chi connectivity index (χ2n) is 9.44. The first-order chi connectivity index (χ1) is 18.2. The van der Waals surface area contributed by atoms with Crippen molar-refractivity contribution >= 4 is 17.6 Å². The molecule has 0 saturated heterocycles. The third kappa shape index (κ3) is 7.80. The van der Waals surface area contributed by atoms with Gasteiger partial charge in [0.25, 0.3) is 0 Å². The number of thiophene rings is 1. The topological polar surface area (TPSA) is 35.5 Å². The van der Waals surface area contributed by atoms with E-state index >= 15 is 0 Å². The molecule has 1 aromatic heterocycles. The van der Waals surface area contributed by atoms with Crippen molar-refractivity contribution in [3.05, 3.63) is 112 Å². The van der Waals surface area contributed by atoms with Gasteiger partial charge in [0.05, 0.1) is 0 Å². The average molecular weight is 513 g/mol. The highest BCUT2D eigenvalue weighted by Gasteiger charge is 2.12. The Morgan fingerprint density at radius 1 is 0.892 bits per heavy atom. The maximum atomic E-state index is 10.8. The molecule has 2 aromatic carbocycles. The fourth-order valence-corrected chi connectivity index (χ4v) is 5.36. The van der Waals surface area contributed by atoms with Crippen molar-refractivity contribution in [3.8, 4) is 16.9 Å². The summed E-state index contributed by atoms with van der Waals surface area (Å²) in [6, 6.07) is 18.0. The van der Waals surface area contributed by atoms with Crippen LogP contribution in [0.3, 0.4) is 0 Å². The van der Waals surface area contributed by atoms with Gasteiger partial charge >= 0.3 is 0 Å². The van der Waals surface area contributed by atoms with E-state index in [1.54, 1.807) is 23.5 Å². The zero-order valence-electron chi connectivity index (χ0n) is 21.8. The molecule has 4 heteroatoms. The van der Waals surface area contributed by atoms with Crippen LogP contribution < -0.4 is 4.74 Å². The number of hydrogen-bond acceptors (Lipinski definition) is 4. The van der Waals surface area contributed by atoms with E-state index in [0.29, 0.717) is 24.7 Å². The first-order valence-corrected chi connectivity index (χ1v) is 14.1. The van der Waals surface area contributed by atoms with Gasteiger partial charge in [0.2, 0.25) is 0 Å². The summed E-state index contributed by atoms with van der Waals surface area (Å²) >= 11 is 1.69. The number of ether oxygens (including phenoxy) is 2. The minimum atomic E-state index is 0.508. The number of carbonyl (C=O) groups is 1. The van der Waals surface area contributed by atoms with Crippen molar-refractivity contribution in [2.75, 3.05) is 0 Å². The van der Waals surface area contributed by atoms with Gasteiger partial charge in [-0.15, -0.1) is 11.3 Å². The Morgan fingerprint density at radius 3 is 2.35 bits per heavy atom. The Bertz CT molecular complexity index is 1220. The normalized spacial score (nSPS) is 13.2. The zero-order valence-corrected chi connectivity index (χ0v) is 22.6. The molecule has 0 spiro atoms. The number of rotatable bonds is 13. The molecule has 0 aliphatic heterocycles. The molecular formula is C33H36O3S. The number of aldehydes is 1. The lowest BCUT2D eigenvalue weighted by Crippen LogP contribution is -2.02. The van der Waals surface area contributed by atoms with Crippen LogP contribution in [-0.2, 0) is 18.0 Å². The fraction of sp³-hybridized carbons (Fsp3) is 0.303. The first-order valence-electron chi connectivity index (χ1n) is 13.2. The predicted molar refractivity (Wildman–Crippen MR) is 154 cm³/mol. The highest BCUT2D eigenvalue weighted by Crippen LogP contribution is 2.28. The van der Waals surface area contributed by atoms with Crippen LogP contribution in [0, 0.1) is 5.92 Å². The molecule has 0 atom stereocenters. The Balaban J connectivity index is 1.30. The summed E-state index contributed by atoms with van der Waals surface area (Å²) in [6.07, 6.45) is 15.6. The summed E-state index contributed by atoms with van der Waals surface area (Å²) in [4.78, 5) is 11.9. The maximum Gasteiger partial charge on any atom is 0.150 e. The Kier molecular flexibility index (Phi) is 9.96. The van der Waals surface area contributed by atoms with Gasteiger partial charge in [0.15, 0.2) is 0 Å². The summed E-state index contributed by atoms with van der Waals surface area (Å²) in [5.74, 6) is 2.43. The summed E-state index contributed by atoms with van der Waals surface area (Å²) in [5.41, 5.74) is 5.62. The minimum absolute atomic E-state index is 0.508. The summed E-state index contributed by atoms with van der Waals surface area (Å²) in [5, 5.41) is 2.16. The van der Waals surface area contributed by atoms with Gasteiger partial charge in [-0.2, -0.15) is 0 Å². The van der Waals surface area contributed by atoms with E-state index in [1.807, 2.05) is 12.1 Å². The molecule has 37 heavy (non-hydrogen) atoms. The van der Waals surface area contributed by atoms with Crippen LogP contribution in [0.15, 0.2) is 95.6 Å². The fourth-order valence-electron chi connectivity index (χ4n) is 4.55. The van der Waals surface area contributed by atoms with Gasteiger partial charge in [-0.25, -0.2) is 0 Å². The minimum Gasteiger partial charge on any atom is -0.493 e. The second kappa shape index (κ2) is 13.8. The number of hydrogen-bond donors (Lipinski definition) is 0. The largest absolute Gasteiger partial charge is 0.493 e. The van der Waals surface area contributed by atoms with Crippen molar-refractivity contribution in [1.29, 1.82) is 0 Å². The lowest BCUT2D eigenvalue weighted by Gasteiger charge is -2.16. The van der Waals surface area contributed by atoms with Gasteiger partial charge in [-0.3, -0.25) is 4.79 Å². The monoisotopic (exact) mass is 512 g/mol. The highest BCUT2D eigenvalue weighted by molar-refractivity contribution is 7.10. The van der Waals surface area contributed by atoms with Gasteiger partial charge < -0.3 is 9.47 Å². The molecule has 4 rings (SSSR count). The van der Waals surface area contributed by atoms with Crippen LogP contribution in [-0.4, -0.2) is 6.29 Å². The van der Waals surface area contributed by atoms with E-state index in [-0.39, 0.29) is 0 Å². The molecule has 3 aromatic rings. The van der Waals surface area contributed by atoms with Gasteiger partial charge in [-0.1, -0.05) is 69.2 Å². The van der Waals surface area contributed by atoms with E-state index in [9.17, 15) is 4.79 Å². The molecule has 0 N–H and O–H groups in total. The number of allylic oxidation sites excluding steroid dienone is 5. The maximum absolute atomic E-state index is 10.8. The number of carbonyl (C=O) groups excluding carboxylic acids is 1. The van der Waals surface area contributed by atoms with E-state index in [0.717, 1.165) is 34.7 Å². The van der Waals surface area contributed by atoms with Crippen molar-refractivity contribution < 1.29 is 14.3 Å². The summed E-state index contributed by atoms with van der Waals surface area (Å²) in [6.45, 7) is 5.61. The summed E-state index contributed by atoms with van der Waals surface area (Å²) in [7, 11) is 0. The quantitative estimate of drug-likeness (QED) is 0.214. The summed E-state index contributed by atoms with van der Waals surface area (Å²) < 4.78 is 12.0. The van der Waals surface area contributed by atoms with Gasteiger partial charge in [-0.05, 0) is 82.8 Å².